The number of nitrogens with zero attached hydrogens (tertiary/aromatic N) is 1. The number of amides is 2. The molecule has 1 saturated carbocycles. The first-order chi connectivity index (χ1) is 12.9. The Labute approximate surface area is 162 Å². The number of hydrogen-bond donors (Lipinski definition) is 2. The van der Waals surface area contributed by atoms with Crippen LogP contribution in [0.2, 0.25) is 0 Å². The Morgan fingerprint density at radius 1 is 1.00 bits per heavy atom. The number of carbonyl (C=O) groups excluding carboxylic acids is 2. The van der Waals surface area contributed by atoms with Gasteiger partial charge in [-0.25, -0.2) is 0 Å². The van der Waals surface area contributed by atoms with Gasteiger partial charge >= 0.3 is 0 Å². The molecule has 5 heteroatoms. The highest BCUT2D eigenvalue weighted by Gasteiger charge is 2.37. The van der Waals surface area contributed by atoms with E-state index in [0.717, 1.165) is 30.9 Å². The third-order valence-electron chi connectivity index (χ3n) is 5.72. The maximum absolute atomic E-state index is 12.6. The molecule has 2 aliphatic rings. The molecule has 1 heterocycles. The molecule has 2 amide bonds. The fourth-order valence-electron chi connectivity index (χ4n) is 4.27. The zero-order chi connectivity index (χ0) is 19.4. The minimum absolute atomic E-state index is 0.0241. The van der Waals surface area contributed by atoms with E-state index < -0.39 is 0 Å². The highest BCUT2D eigenvalue weighted by atomic mass is 16.2. The molecule has 148 valence electrons. The summed E-state index contributed by atoms with van der Waals surface area (Å²) in [7, 11) is 0. The van der Waals surface area contributed by atoms with Crippen LogP contribution in [0.1, 0.15) is 55.7 Å². The van der Waals surface area contributed by atoms with Crippen LogP contribution in [0.25, 0.3) is 0 Å². The summed E-state index contributed by atoms with van der Waals surface area (Å²) in [6.45, 7) is 8.09. The second-order valence-corrected chi connectivity index (χ2v) is 8.44. The fraction of sp³-hybridized carbons (Fsp3) is 0.636. The summed E-state index contributed by atoms with van der Waals surface area (Å²) in [5.74, 6) is 0.930. The molecule has 1 saturated heterocycles. The van der Waals surface area contributed by atoms with E-state index in [4.69, 9.17) is 0 Å². The monoisotopic (exact) mass is 371 g/mol. The summed E-state index contributed by atoms with van der Waals surface area (Å²) >= 11 is 0. The second-order valence-electron chi connectivity index (χ2n) is 8.44. The van der Waals surface area contributed by atoms with Crippen LogP contribution in [-0.2, 0) is 16.1 Å². The third-order valence-corrected chi connectivity index (χ3v) is 5.72. The van der Waals surface area contributed by atoms with Crippen molar-refractivity contribution >= 4 is 11.8 Å². The Morgan fingerprint density at radius 3 is 2.30 bits per heavy atom. The van der Waals surface area contributed by atoms with E-state index in [1.807, 2.05) is 0 Å². The lowest BCUT2D eigenvalue weighted by atomic mass is 10.1. The minimum atomic E-state index is 0.0241. The molecule has 5 nitrogen and oxygen atoms in total. The average Bonchev–Trinajstić information content (AvgIpc) is 3.33. The summed E-state index contributed by atoms with van der Waals surface area (Å²) in [5, 5.41) is 6.06. The van der Waals surface area contributed by atoms with Crippen molar-refractivity contribution in [3.63, 3.8) is 0 Å². The Balaban J connectivity index is 1.52. The Bertz CT molecular complexity index is 664. The number of aryl methyl sites for hydroxylation is 2. The molecular weight excluding hydrogens is 338 g/mol. The van der Waals surface area contributed by atoms with Crippen LogP contribution >= 0.6 is 0 Å². The Hall–Kier alpha value is -1.88. The van der Waals surface area contributed by atoms with Gasteiger partial charge in [0.05, 0.1) is 0 Å². The van der Waals surface area contributed by atoms with Gasteiger partial charge in [-0.1, -0.05) is 29.3 Å². The molecule has 0 spiro atoms. The van der Waals surface area contributed by atoms with E-state index >= 15 is 0 Å². The highest BCUT2D eigenvalue weighted by Crippen LogP contribution is 2.35. The first kappa shape index (κ1) is 19.9. The lowest BCUT2D eigenvalue weighted by Crippen LogP contribution is -2.45. The molecule has 1 aromatic rings. The number of carbonyl (C=O) groups is 2. The van der Waals surface area contributed by atoms with Gasteiger partial charge in [0.1, 0.15) is 0 Å². The van der Waals surface area contributed by atoms with Gasteiger partial charge in [-0.15, -0.1) is 0 Å². The summed E-state index contributed by atoms with van der Waals surface area (Å²) in [6, 6.07) is 7.07. The van der Waals surface area contributed by atoms with Crippen molar-refractivity contribution in [2.24, 2.45) is 5.92 Å². The topological polar surface area (TPSA) is 61.4 Å². The Morgan fingerprint density at radius 2 is 1.67 bits per heavy atom. The van der Waals surface area contributed by atoms with E-state index in [1.165, 1.54) is 24.0 Å². The van der Waals surface area contributed by atoms with Crippen LogP contribution in [0.5, 0.6) is 0 Å². The molecule has 1 aliphatic heterocycles. The van der Waals surface area contributed by atoms with Gasteiger partial charge in [-0.2, -0.15) is 0 Å². The van der Waals surface area contributed by atoms with Crippen LogP contribution in [0.15, 0.2) is 18.2 Å². The first-order valence-electron chi connectivity index (χ1n) is 10.2. The normalized spacial score (nSPS) is 22.6. The predicted octanol–water partition coefficient (Wildman–Crippen LogP) is 2.69. The van der Waals surface area contributed by atoms with Gasteiger partial charge in [0.15, 0.2) is 0 Å². The molecule has 0 bridgehead atoms. The van der Waals surface area contributed by atoms with Crippen LogP contribution in [-0.4, -0.2) is 41.9 Å². The van der Waals surface area contributed by atoms with Gasteiger partial charge in [-0.3, -0.25) is 14.5 Å². The zero-order valence-electron chi connectivity index (χ0n) is 16.9. The van der Waals surface area contributed by atoms with Crippen molar-refractivity contribution < 1.29 is 9.59 Å². The molecule has 0 radical (unpaired) electrons. The van der Waals surface area contributed by atoms with Crippen molar-refractivity contribution in [1.82, 2.24) is 15.5 Å². The molecule has 2 fully saturated rings. The van der Waals surface area contributed by atoms with Crippen LogP contribution < -0.4 is 10.6 Å². The molecule has 0 aromatic heterocycles. The van der Waals surface area contributed by atoms with Gasteiger partial charge in [0.25, 0.3) is 0 Å². The first-order valence-corrected chi connectivity index (χ1v) is 10.2. The third kappa shape index (κ3) is 6.06. The highest BCUT2D eigenvalue weighted by molar-refractivity contribution is 5.76. The summed E-state index contributed by atoms with van der Waals surface area (Å²) in [4.78, 5) is 26.3. The predicted molar refractivity (Wildman–Crippen MR) is 107 cm³/mol. The lowest BCUT2D eigenvalue weighted by molar-refractivity contribution is -0.122. The zero-order valence-corrected chi connectivity index (χ0v) is 16.9. The summed E-state index contributed by atoms with van der Waals surface area (Å²) in [6.07, 6.45) is 5.24. The maximum atomic E-state index is 12.6. The fourth-order valence-corrected chi connectivity index (χ4v) is 4.27. The lowest BCUT2D eigenvalue weighted by Gasteiger charge is -2.30. The van der Waals surface area contributed by atoms with Crippen molar-refractivity contribution in [3.8, 4) is 0 Å². The quantitative estimate of drug-likeness (QED) is 0.739. The molecule has 2 atom stereocenters. The van der Waals surface area contributed by atoms with Gasteiger partial charge < -0.3 is 10.6 Å². The number of hydrogen-bond acceptors (Lipinski definition) is 3. The van der Waals surface area contributed by atoms with Crippen molar-refractivity contribution in [3.05, 3.63) is 34.9 Å². The van der Waals surface area contributed by atoms with Crippen molar-refractivity contribution in [2.45, 2.75) is 71.5 Å². The van der Waals surface area contributed by atoms with Crippen LogP contribution in [0, 0.1) is 19.8 Å². The van der Waals surface area contributed by atoms with E-state index in [-0.39, 0.29) is 11.8 Å². The molecule has 1 aromatic carbocycles. The van der Waals surface area contributed by atoms with Gasteiger partial charge in [0, 0.05) is 45.1 Å². The minimum Gasteiger partial charge on any atom is -0.355 e. The average molecular weight is 372 g/mol. The van der Waals surface area contributed by atoms with Gasteiger partial charge in [0.2, 0.25) is 11.8 Å². The molecule has 27 heavy (non-hydrogen) atoms. The second kappa shape index (κ2) is 8.87. The standard InChI is InChI=1S/C22H33N3O2/c1-15-8-16(2)10-19(9-15)12-24-22(27)11-20-6-7-21(13-23-17(3)26)25(20)14-18-4-5-18/h8-10,18,20-21H,4-7,11-14H2,1-3H3,(H,23,26)(H,24,27)/t20-,21+/m0/s1. The summed E-state index contributed by atoms with van der Waals surface area (Å²) in [5.41, 5.74) is 3.61. The van der Waals surface area contributed by atoms with E-state index in [9.17, 15) is 9.59 Å². The molecule has 0 unspecified atom stereocenters. The molecular formula is C22H33N3O2. The largest absolute Gasteiger partial charge is 0.355 e. The van der Waals surface area contributed by atoms with Crippen molar-refractivity contribution in [1.29, 1.82) is 0 Å². The maximum Gasteiger partial charge on any atom is 0.221 e. The van der Waals surface area contributed by atoms with E-state index in [2.05, 4.69) is 47.6 Å². The summed E-state index contributed by atoms with van der Waals surface area (Å²) < 4.78 is 0. The van der Waals surface area contributed by atoms with Crippen LogP contribution in [0.4, 0.5) is 0 Å². The van der Waals surface area contributed by atoms with Crippen LogP contribution in [0.3, 0.4) is 0 Å². The molecule has 3 rings (SSSR count). The Kier molecular flexibility index (Phi) is 6.53. The number of nitrogens with one attached hydrogen (secondary N) is 2. The smallest absolute Gasteiger partial charge is 0.221 e. The van der Waals surface area contributed by atoms with Crippen molar-refractivity contribution in [2.75, 3.05) is 13.1 Å². The van der Waals surface area contributed by atoms with E-state index in [0.29, 0.717) is 31.6 Å². The number of rotatable bonds is 8. The molecule has 1 aliphatic carbocycles. The van der Waals surface area contributed by atoms with E-state index in [1.54, 1.807) is 6.92 Å². The van der Waals surface area contributed by atoms with Gasteiger partial charge in [-0.05, 0) is 51.0 Å². The molecule has 2 N–H and O–H groups in total. The number of likely N-dealkylation sites (tertiary alicyclic amines) is 1. The number of benzene rings is 1. The SMILES string of the molecule is CC(=O)NC[C@H]1CC[C@@H](CC(=O)NCc2cc(C)cc(C)c2)N1CC1CC1.